The van der Waals surface area contributed by atoms with Gasteiger partial charge in [0.15, 0.2) is 0 Å². The summed E-state index contributed by atoms with van der Waals surface area (Å²) in [5.74, 6) is 0.103. The Bertz CT molecular complexity index is 727. The topological polar surface area (TPSA) is 76.6 Å². The fraction of sp³-hybridized carbons (Fsp3) is 0.550. The molecule has 5 nitrogen and oxygen atoms in total. The van der Waals surface area contributed by atoms with Crippen molar-refractivity contribution in [2.45, 2.75) is 45.1 Å². The van der Waals surface area contributed by atoms with Crippen molar-refractivity contribution < 1.29 is 15.0 Å². The number of rotatable bonds is 6. The SMILES string of the molecule is CCC[C@@]1(CO)CN(C(=O)CCc2c[nH]c3ccccc23)CC[C@H]1O. The molecule has 1 aromatic heterocycles. The average Bonchev–Trinajstić information content (AvgIpc) is 3.05. The number of carbonyl (C=O) groups is 1. The number of benzene rings is 1. The number of piperidine rings is 1. The molecule has 5 heteroatoms. The third-order valence-corrected chi connectivity index (χ3v) is 5.58. The van der Waals surface area contributed by atoms with Crippen molar-refractivity contribution in [3.63, 3.8) is 0 Å². The monoisotopic (exact) mass is 344 g/mol. The normalized spacial score (nSPS) is 24.0. The number of hydrogen-bond acceptors (Lipinski definition) is 3. The number of aromatic nitrogens is 1. The summed E-state index contributed by atoms with van der Waals surface area (Å²) in [6.07, 6.45) is 4.75. The lowest BCUT2D eigenvalue weighted by atomic mass is 9.74. The second kappa shape index (κ2) is 7.58. The van der Waals surface area contributed by atoms with E-state index >= 15 is 0 Å². The Labute approximate surface area is 148 Å². The molecule has 1 aliphatic rings. The highest BCUT2D eigenvalue weighted by molar-refractivity contribution is 5.84. The lowest BCUT2D eigenvalue weighted by Crippen LogP contribution is -2.55. The van der Waals surface area contributed by atoms with E-state index in [9.17, 15) is 15.0 Å². The molecule has 1 aromatic carbocycles. The van der Waals surface area contributed by atoms with Crippen LogP contribution in [0.3, 0.4) is 0 Å². The standard InChI is InChI=1S/C20H28N2O3/c1-2-10-20(14-23)13-22(11-9-18(20)24)19(25)8-7-15-12-21-17-6-4-3-5-16(15)17/h3-6,12,18,21,23-24H,2,7-11,13-14H2,1H3/t18-,20+/m1/s1. The van der Waals surface area contributed by atoms with E-state index in [4.69, 9.17) is 0 Å². The molecule has 2 atom stereocenters. The number of carbonyl (C=O) groups excluding carboxylic acids is 1. The van der Waals surface area contributed by atoms with Crippen molar-refractivity contribution in [3.8, 4) is 0 Å². The first-order chi connectivity index (χ1) is 12.1. The van der Waals surface area contributed by atoms with Crippen molar-refractivity contribution in [1.29, 1.82) is 0 Å². The number of nitrogens with one attached hydrogen (secondary N) is 1. The van der Waals surface area contributed by atoms with Crippen molar-refractivity contribution >= 4 is 16.8 Å². The first kappa shape index (κ1) is 18.0. The number of aliphatic hydroxyl groups is 2. The van der Waals surface area contributed by atoms with E-state index in [0.29, 0.717) is 32.4 Å². The fourth-order valence-corrected chi connectivity index (χ4v) is 4.08. The van der Waals surface area contributed by atoms with Crippen LogP contribution in [0.2, 0.25) is 0 Å². The van der Waals surface area contributed by atoms with Gasteiger partial charge in [0.25, 0.3) is 0 Å². The molecule has 136 valence electrons. The van der Waals surface area contributed by atoms with Gasteiger partial charge in [-0.3, -0.25) is 4.79 Å². The van der Waals surface area contributed by atoms with Crippen molar-refractivity contribution in [2.24, 2.45) is 5.41 Å². The van der Waals surface area contributed by atoms with Gasteiger partial charge in [-0.05, 0) is 30.9 Å². The van der Waals surface area contributed by atoms with E-state index in [1.165, 1.54) is 5.39 Å². The summed E-state index contributed by atoms with van der Waals surface area (Å²) < 4.78 is 0. The van der Waals surface area contributed by atoms with Crippen molar-refractivity contribution in [3.05, 3.63) is 36.0 Å². The quantitative estimate of drug-likeness (QED) is 0.753. The molecule has 0 aliphatic carbocycles. The van der Waals surface area contributed by atoms with Gasteiger partial charge in [0.05, 0.1) is 12.7 Å². The number of nitrogens with zero attached hydrogens (tertiary/aromatic N) is 1. The average molecular weight is 344 g/mol. The zero-order valence-corrected chi connectivity index (χ0v) is 14.9. The summed E-state index contributed by atoms with van der Waals surface area (Å²) in [6.45, 7) is 2.99. The molecule has 0 spiro atoms. The molecule has 0 radical (unpaired) electrons. The van der Waals surface area contributed by atoms with Crippen LogP contribution >= 0.6 is 0 Å². The maximum absolute atomic E-state index is 12.7. The minimum absolute atomic E-state index is 0.0752. The van der Waals surface area contributed by atoms with Crippen LogP contribution in [-0.4, -0.2) is 51.8 Å². The Morgan fingerprint density at radius 1 is 1.40 bits per heavy atom. The van der Waals surface area contributed by atoms with Gasteiger partial charge in [-0.2, -0.15) is 0 Å². The lowest BCUT2D eigenvalue weighted by molar-refractivity contribution is -0.142. The van der Waals surface area contributed by atoms with E-state index in [0.717, 1.165) is 23.9 Å². The van der Waals surface area contributed by atoms with E-state index in [-0.39, 0.29) is 12.5 Å². The highest BCUT2D eigenvalue weighted by Crippen LogP contribution is 2.35. The van der Waals surface area contributed by atoms with Crippen LogP contribution in [0.1, 0.15) is 38.2 Å². The number of aromatic amines is 1. The van der Waals surface area contributed by atoms with E-state index in [2.05, 4.69) is 11.1 Å². The fourth-order valence-electron chi connectivity index (χ4n) is 4.08. The Balaban J connectivity index is 1.65. The molecule has 2 heterocycles. The van der Waals surface area contributed by atoms with Gasteiger partial charge in [0.1, 0.15) is 0 Å². The molecule has 1 saturated heterocycles. The van der Waals surface area contributed by atoms with Crippen LogP contribution in [0.4, 0.5) is 0 Å². The predicted octanol–water partition coefficient (Wildman–Crippen LogP) is 2.47. The number of aliphatic hydroxyl groups excluding tert-OH is 2. The summed E-state index contributed by atoms with van der Waals surface area (Å²) in [4.78, 5) is 17.8. The molecule has 1 amide bonds. The van der Waals surface area contributed by atoms with Crippen LogP contribution in [0.5, 0.6) is 0 Å². The molecule has 3 rings (SSSR count). The van der Waals surface area contributed by atoms with Crippen LogP contribution < -0.4 is 0 Å². The van der Waals surface area contributed by atoms with Gasteiger partial charge >= 0.3 is 0 Å². The van der Waals surface area contributed by atoms with Gasteiger partial charge in [0.2, 0.25) is 5.91 Å². The second-order valence-corrected chi connectivity index (χ2v) is 7.25. The summed E-state index contributed by atoms with van der Waals surface area (Å²) in [5, 5.41) is 21.4. The number of H-pyrrole nitrogens is 1. The molecule has 0 unspecified atom stereocenters. The molecule has 0 saturated carbocycles. The summed E-state index contributed by atoms with van der Waals surface area (Å²) >= 11 is 0. The lowest BCUT2D eigenvalue weighted by Gasteiger charge is -2.45. The van der Waals surface area contributed by atoms with Crippen LogP contribution in [-0.2, 0) is 11.2 Å². The van der Waals surface area contributed by atoms with E-state index in [1.807, 2.05) is 36.2 Å². The maximum atomic E-state index is 12.7. The summed E-state index contributed by atoms with van der Waals surface area (Å²) in [7, 11) is 0. The van der Waals surface area contributed by atoms with Crippen LogP contribution in [0.15, 0.2) is 30.5 Å². The Hall–Kier alpha value is -1.85. The summed E-state index contributed by atoms with van der Waals surface area (Å²) in [5.41, 5.74) is 1.68. The second-order valence-electron chi connectivity index (χ2n) is 7.25. The molecule has 2 aromatic rings. The minimum atomic E-state index is -0.566. The highest BCUT2D eigenvalue weighted by Gasteiger charge is 2.42. The number of para-hydroxylation sites is 1. The third-order valence-electron chi connectivity index (χ3n) is 5.58. The van der Waals surface area contributed by atoms with Gasteiger partial charge < -0.3 is 20.1 Å². The van der Waals surface area contributed by atoms with Crippen molar-refractivity contribution in [2.75, 3.05) is 19.7 Å². The molecule has 3 N–H and O–H groups in total. The van der Waals surface area contributed by atoms with Crippen molar-refractivity contribution in [1.82, 2.24) is 9.88 Å². The van der Waals surface area contributed by atoms with Gasteiger partial charge in [0, 0.05) is 42.0 Å². The zero-order chi connectivity index (χ0) is 17.9. The molecule has 1 aliphatic heterocycles. The smallest absolute Gasteiger partial charge is 0.222 e. The van der Waals surface area contributed by atoms with E-state index < -0.39 is 11.5 Å². The predicted molar refractivity (Wildman–Crippen MR) is 98.3 cm³/mol. The molecule has 1 fully saturated rings. The number of likely N-dealkylation sites (tertiary alicyclic amines) is 1. The first-order valence-corrected chi connectivity index (χ1v) is 9.21. The largest absolute Gasteiger partial charge is 0.396 e. The molecule has 25 heavy (non-hydrogen) atoms. The minimum Gasteiger partial charge on any atom is -0.396 e. The zero-order valence-electron chi connectivity index (χ0n) is 14.9. The number of hydrogen-bond donors (Lipinski definition) is 3. The van der Waals surface area contributed by atoms with E-state index in [1.54, 1.807) is 0 Å². The maximum Gasteiger partial charge on any atom is 0.222 e. The van der Waals surface area contributed by atoms with Gasteiger partial charge in [-0.15, -0.1) is 0 Å². The highest BCUT2D eigenvalue weighted by atomic mass is 16.3. The van der Waals surface area contributed by atoms with Gasteiger partial charge in [-0.1, -0.05) is 31.5 Å². The van der Waals surface area contributed by atoms with Crippen LogP contribution in [0, 0.1) is 5.41 Å². The first-order valence-electron chi connectivity index (χ1n) is 9.21. The Morgan fingerprint density at radius 3 is 2.96 bits per heavy atom. The van der Waals surface area contributed by atoms with Gasteiger partial charge in [-0.25, -0.2) is 0 Å². The Kier molecular flexibility index (Phi) is 5.45. The number of fused-ring (bicyclic) bond motifs is 1. The Morgan fingerprint density at radius 2 is 2.20 bits per heavy atom. The van der Waals surface area contributed by atoms with Crippen LogP contribution in [0.25, 0.3) is 10.9 Å². The molecular formula is C20H28N2O3. The third kappa shape index (κ3) is 3.58. The molecule has 0 bridgehead atoms. The number of amides is 1. The number of aryl methyl sites for hydroxylation is 1. The summed E-state index contributed by atoms with van der Waals surface area (Å²) in [6, 6.07) is 8.11. The molecular weight excluding hydrogens is 316 g/mol.